The van der Waals surface area contributed by atoms with E-state index in [2.05, 4.69) is 25.8 Å². The van der Waals surface area contributed by atoms with Gasteiger partial charge in [-0.1, -0.05) is 11.6 Å². The van der Waals surface area contributed by atoms with E-state index in [1.54, 1.807) is 43.6 Å². The van der Waals surface area contributed by atoms with Crippen LogP contribution in [0.25, 0.3) is 0 Å². The monoisotopic (exact) mass is 423 g/mol. The van der Waals surface area contributed by atoms with Crippen LogP contribution in [-0.4, -0.2) is 27.5 Å². The number of halogens is 1. The van der Waals surface area contributed by atoms with Crippen LogP contribution in [0.3, 0.4) is 0 Å². The minimum atomic E-state index is -0.406. The Bertz CT molecular complexity index is 1120. The lowest BCUT2D eigenvalue weighted by Crippen LogP contribution is -2.22. The van der Waals surface area contributed by atoms with Crippen molar-refractivity contribution < 1.29 is 14.0 Å². The van der Waals surface area contributed by atoms with Crippen molar-refractivity contribution in [3.05, 3.63) is 76.1 Å². The summed E-state index contributed by atoms with van der Waals surface area (Å²) < 4.78 is 5.85. The number of fused-ring (bicyclic) bond motifs is 1. The molecule has 9 heteroatoms. The molecule has 0 atom stereocenters. The Hall–Kier alpha value is -3.52. The SMILES string of the molecule is Cc1c(C(=O)Nc2ccc(Cl)cn2)oc2c1/C(=N/NC(=O)c1ccncc1)CCC2. The summed E-state index contributed by atoms with van der Waals surface area (Å²) in [5.74, 6) is 0.523. The highest BCUT2D eigenvalue weighted by Crippen LogP contribution is 2.30. The summed E-state index contributed by atoms with van der Waals surface area (Å²) in [6.45, 7) is 1.80. The van der Waals surface area contributed by atoms with Crippen molar-refractivity contribution in [2.45, 2.75) is 26.2 Å². The maximum atomic E-state index is 12.7. The minimum absolute atomic E-state index is 0.201. The van der Waals surface area contributed by atoms with Crippen LogP contribution in [0.4, 0.5) is 5.82 Å². The summed E-state index contributed by atoms with van der Waals surface area (Å²) in [6.07, 6.45) is 6.71. The molecule has 152 valence electrons. The summed E-state index contributed by atoms with van der Waals surface area (Å²) in [6, 6.07) is 6.47. The Morgan fingerprint density at radius 1 is 1.13 bits per heavy atom. The molecule has 4 rings (SSSR count). The second-order valence-corrected chi connectivity index (χ2v) is 7.20. The Balaban J connectivity index is 1.56. The van der Waals surface area contributed by atoms with Gasteiger partial charge in [0.2, 0.25) is 0 Å². The molecule has 0 radical (unpaired) electrons. The zero-order valence-electron chi connectivity index (χ0n) is 16.1. The number of nitrogens with zero attached hydrogens (tertiary/aromatic N) is 3. The van der Waals surface area contributed by atoms with Crippen LogP contribution in [0, 0.1) is 6.92 Å². The molecule has 1 aliphatic carbocycles. The first kappa shape index (κ1) is 19.8. The van der Waals surface area contributed by atoms with Crippen LogP contribution < -0.4 is 10.7 Å². The quantitative estimate of drug-likeness (QED) is 0.621. The number of pyridine rings is 2. The van der Waals surface area contributed by atoms with Gasteiger partial charge in [-0.2, -0.15) is 5.10 Å². The van der Waals surface area contributed by atoms with E-state index in [0.29, 0.717) is 46.3 Å². The number of nitrogens with one attached hydrogen (secondary N) is 2. The van der Waals surface area contributed by atoms with E-state index >= 15 is 0 Å². The van der Waals surface area contributed by atoms with Gasteiger partial charge in [0.05, 0.1) is 10.7 Å². The molecule has 1 aliphatic rings. The molecule has 0 aliphatic heterocycles. The smallest absolute Gasteiger partial charge is 0.292 e. The number of furan rings is 1. The summed E-state index contributed by atoms with van der Waals surface area (Å²) >= 11 is 5.83. The molecule has 3 aromatic rings. The number of hydrogen-bond donors (Lipinski definition) is 2. The first-order valence-corrected chi connectivity index (χ1v) is 9.73. The van der Waals surface area contributed by atoms with Crippen molar-refractivity contribution in [2.24, 2.45) is 5.10 Å². The fourth-order valence-electron chi connectivity index (χ4n) is 3.31. The number of hydrogen-bond acceptors (Lipinski definition) is 6. The maximum absolute atomic E-state index is 12.7. The van der Waals surface area contributed by atoms with Crippen molar-refractivity contribution in [3.63, 3.8) is 0 Å². The molecule has 2 amide bonds. The Kier molecular flexibility index (Phi) is 5.58. The predicted molar refractivity (Wildman–Crippen MR) is 112 cm³/mol. The topological polar surface area (TPSA) is 109 Å². The summed E-state index contributed by atoms with van der Waals surface area (Å²) in [4.78, 5) is 32.9. The average molecular weight is 424 g/mol. The van der Waals surface area contributed by atoms with Gasteiger partial charge >= 0.3 is 0 Å². The van der Waals surface area contributed by atoms with E-state index < -0.39 is 5.91 Å². The zero-order valence-corrected chi connectivity index (χ0v) is 16.9. The highest BCUT2D eigenvalue weighted by atomic mass is 35.5. The molecule has 3 heterocycles. The molecule has 2 N–H and O–H groups in total. The maximum Gasteiger partial charge on any atom is 0.292 e. The van der Waals surface area contributed by atoms with Gasteiger partial charge < -0.3 is 9.73 Å². The molecule has 0 bridgehead atoms. The van der Waals surface area contributed by atoms with Gasteiger partial charge in [-0.25, -0.2) is 10.4 Å². The zero-order chi connectivity index (χ0) is 21.1. The van der Waals surface area contributed by atoms with Crippen LogP contribution in [0.2, 0.25) is 5.02 Å². The lowest BCUT2D eigenvalue weighted by molar-refractivity contribution is 0.0953. The normalized spacial score (nSPS) is 14.3. The fraction of sp³-hybridized carbons (Fsp3) is 0.190. The van der Waals surface area contributed by atoms with Crippen molar-refractivity contribution in [2.75, 3.05) is 5.32 Å². The van der Waals surface area contributed by atoms with E-state index in [1.165, 1.54) is 6.20 Å². The van der Waals surface area contributed by atoms with E-state index in [1.807, 2.05) is 0 Å². The fourth-order valence-corrected chi connectivity index (χ4v) is 3.42. The third-order valence-corrected chi connectivity index (χ3v) is 4.96. The summed E-state index contributed by atoms with van der Waals surface area (Å²) in [5.41, 5.74) is 5.17. The number of anilines is 1. The lowest BCUT2D eigenvalue weighted by Gasteiger charge is -2.13. The Morgan fingerprint density at radius 2 is 1.93 bits per heavy atom. The number of carbonyl (C=O) groups excluding carboxylic acids is 2. The molecular formula is C21H18ClN5O3. The van der Waals surface area contributed by atoms with Crippen LogP contribution in [-0.2, 0) is 6.42 Å². The molecular weight excluding hydrogens is 406 g/mol. The Labute approximate surface area is 177 Å². The van der Waals surface area contributed by atoms with Crippen molar-refractivity contribution in [1.29, 1.82) is 0 Å². The molecule has 0 aromatic carbocycles. The first-order chi connectivity index (χ1) is 14.5. The van der Waals surface area contributed by atoms with Crippen molar-refractivity contribution >= 4 is 34.9 Å². The number of carbonyl (C=O) groups is 2. The molecule has 0 saturated heterocycles. The van der Waals surface area contributed by atoms with Crippen LogP contribution in [0.5, 0.6) is 0 Å². The number of aromatic nitrogens is 2. The molecule has 0 saturated carbocycles. The largest absolute Gasteiger partial charge is 0.455 e. The number of amides is 2. The highest BCUT2D eigenvalue weighted by molar-refractivity contribution is 6.30. The van der Waals surface area contributed by atoms with Crippen LogP contribution in [0.15, 0.2) is 52.4 Å². The van der Waals surface area contributed by atoms with Crippen LogP contribution >= 0.6 is 11.6 Å². The molecule has 8 nitrogen and oxygen atoms in total. The van der Waals surface area contributed by atoms with Crippen LogP contribution in [0.1, 0.15) is 50.6 Å². The average Bonchev–Trinajstić information content (AvgIpc) is 3.11. The molecule has 0 spiro atoms. The number of hydrazone groups is 1. The lowest BCUT2D eigenvalue weighted by atomic mass is 9.93. The van der Waals surface area contributed by atoms with Gasteiger partial charge in [0.1, 0.15) is 11.6 Å². The predicted octanol–water partition coefficient (Wildman–Crippen LogP) is 3.75. The summed E-state index contributed by atoms with van der Waals surface area (Å²) in [5, 5.41) is 7.49. The Morgan fingerprint density at radius 3 is 2.67 bits per heavy atom. The second kappa shape index (κ2) is 8.46. The van der Waals surface area contributed by atoms with E-state index in [4.69, 9.17) is 16.0 Å². The van der Waals surface area contributed by atoms with Gasteiger partial charge in [-0.15, -0.1) is 0 Å². The van der Waals surface area contributed by atoms with E-state index in [9.17, 15) is 9.59 Å². The standard InChI is InChI=1S/C21H18ClN5O3/c1-12-18-15(26-27-20(28)13-7-9-23-10-8-13)3-2-4-16(18)30-19(12)21(29)25-17-6-5-14(22)11-24-17/h5-11H,2-4H2,1H3,(H,27,28)(H,24,25,29)/b26-15+. The second-order valence-electron chi connectivity index (χ2n) is 6.76. The van der Waals surface area contributed by atoms with Gasteiger partial charge in [0, 0.05) is 41.7 Å². The third-order valence-electron chi connectivity index (χ3n) is 4.74. The highest BCUT2D eigenvalue weighted by Gasteiger charge is 2.28. The third kappa shape index (κ3) is 4.08. The van der Waals surface area contributed by atoms with Crippen molar-refractivity contribution in [3.8, 4) is 0 Å². The first-order valence-electron chi connectivity index (χ1n) is 9.35. The van der Waals surface area contributed by atoms with Crippen molar-refractivity contribution in [1.82, 2.24) is 15.4 Å². The van der Waals surface area contributed by atoms with E-state index in [0.717, 1.165) is 12.0 Å². The minimum Gasteiger partial charge on any atom is -0.455 e. The molecule has 3 aromatic heterocycles. The van der Waals surface area contributed by atoms with Gasteiger partial charge in [0.15, 0.2) is 5.76 Å². The molecule has 30 heavy (non-hydrogen) atoms. The molecule has 0 unspecified atom stereocenters. The van der Waals surface area contributed by atoms with Gasteiger partial charge in [-0.3, -0.25) is 14.6 Å². The van der Waals surface area contributed by atoms with E-state index in [-0.39, 0.29) is 11.7 Å². The van der Waals surface area contributed by atoms with Gasteiger partial charge in [-0.05, 0) is 44.0 Å². The number of aryl methyl sites for hydroxylation is 1. The number of rotatable bonds is 4. The summed E-state index contributed by atoms with van der Waals surface area (Å²) in [7, 11) is 0. The van der Waals surface area contributed by atoms with Gasteiger partial charge in [0.25, 0.3) is 11.8 Å². The molecule has 0 fully saturated rings.